The van der Waals surface area contributed by atoms with Gasteiger partial charge < -0.3 is 5.32 Å². The Morgan fingerprint density at radius 2 is 2.31 bits per heavy atom. The predicted octanol–water partition coefficient (Wildman–Crippen LogP) is 1.50. The fraction of sp³-hybridized carbons (Fsp3) is 0.300. The van der Waals surface area contributed by atoms with Crippen molar-refractivity contribution < 1.29 is 0 Å². The molecule has 5 nitrogen and oxygen atoms in total. The Morgan fingerprint density at radius 1 is 1.44 bits per heavy atom. The maximum atomic E-state index is 8.41. The number of nitrogens with one attached hydrogen (secondary N) is 1. The second-order valence-corrected chi connectivity index (χ2v) is 4.09. The average Bonchev–Trinajstić information content (AvgIpc) is 2.67. The van der Waals surface area contributed by atoms with Crippen LogP contribution in [0.4, 0.5) is 0 Å². The Kier molecular flexibility index (Phi) is 3.49. The van der Waals surface area contributed by atoms with Crippen LogP contribution in [0.1, 0.15) is 12.1 Å². The van der Waals surface area contributed by atoms with Crippen molar-refractivity contribution in [3.8, 4) is 6.07 Å². The molecule has 2 aromatic heterocycles. The van der Waals surface area contributed by atoms with E-state index < -0.39 is 0 Å². The topological polar surface area (TPSA) is 66.0 Å². The third kappa shape index (κ3) is 2.38. The lowest BCUT2D eigenvalue weighted by Crippen LogP contribution is -2.15. The quantitative estimate of drug-likeness (QED) is 0.862. The van der Waals surface area contributed by atoms with Crippen LogP contribution in [0.3, 0.4) is 0 Å². The van der Waals surface area contributed by atoms with Crippen LogP contribution in [-0.4, -0.2) is 20.9 Å². The van der Waals surface area contributed by atoms with E-state index >= 15 is 0 Å². The second-order valence-electron chi connectivity index (χ2n) is 3.27. The first-order valence-corrected chi connectivity index (χ1v) is 5.65. The highest BCUT2D eigenvalue weighted by atomic mass is 79.9. The summed E-state index contributed by atoms with van der Waals surface area (Å²) < 4.78 is 2.74. The molecular weight excluding hydrogens is 270 g/mol. The van der Waals surface area contributed by atoms with Gasteiger partial charge in [-0.3, -0.25) is 4.40 Å². The van der Waals surface area contributed by atoms with Crippen LogP contribution >= 0.6 is 15.9 Å². The highest BCUT2D eigenvalue weighted by molar-refractivity contribution is 9.10. The molecular formula is C10H10BrN5. The largest absolute Gasteiger partial charge is 0.310 e. The van der Waals surface area contributed by atoms with Gasteiger partial charge in [-0.15, -0.1) is 0 Å². The number of imidazole rings is 1. The minimum atomic E-state index is 0.516. The summed E-state index contributed by atoms with van der Waals surface area (Å²) in [5.74, 6) is 0. The standard InChI is InChI=1S/C10H10BrN5/c11-9-7-16-8(4-13-3-1-2-12)5-15-10(16)6-14-9/h5-7,13H,1,3-4H2. The molecule has 0 saturated carbocycles. The Labute approximate surface area is 101 Å². The molecule has 0 aliphatic rings. The summed E-state index contributed by atoms with van der Waals surface area (Å²) in [5.41, 5.74) is 1.87. The Bertz CT molecular complexity index is 527. The normalized spacial score (nSPS) is 10.5. The number of nitriles is 1. The molecule has 2 heterocycles. The summed E-state index contributed by atoms with van der Waals surface area (Å²) in [6.07, 6.45) is 5.91. The first kappa shape index (κ1) is 11.0. The molecule has 6 heteroatoms. The Balaban J connectivity index is 2.12. The molecule has 0 fully saturated rings. The minimum absolute atomic E-state index is 0.516. The fourth-order valence-corrected chi connectivity index (χ4v) is 1.71. The highest BCUT2D eigenvalue weighted by Gasteiger charge is 2.03. The SMILES string of the molecule is N#CCCNCc1cnc2cnc(Br)cn12. The zero-order valence-electron chi connectivity index (χ0n) is 8.52. The summed E-state index contributed by atoms with van der Waals surface area (Å²) in [4.78, 5) is 8.33. The third-order valence-electron chi connectivity index (χ3n) is 2.16. The molecule has 0 radical (unpaired) electrons. The Morgan fingerprint density at radius 3 is 3.12 bits per heavy atom. The van der Waals surface area contributed by atoms with E-state index in [1.165, 1.54) is 0 Å². The number of fused-ring (bicyclic) bond motifs is 1. The summed E-state index contributed by atoms with van der Waals surface area (Å²) >= 11 is 3.32. The molecule has 0 aliphatic carbocycles. The number of hydrogen-bond acceptors (Lipinski definition) is 4. The van der Waals surface area contributed by atoms with Crippen molar-refractivity contribution in [3.05, 3.63) is 28.9 Å². The van der Waals surface area contributed by atoms with Gasteiger partial charge in [0.05, 0.1) is 24.2 Å². The van der Waals surface area contributed by atoms with Gasteiger partial charge in [-0.1, -0.05) is 0 Å². The molecule has 0 atom stereocenters. The maximum Gasteiger partial charge on any atom is 0.155 e. The number of nitrogens with zero attached hydrogens (tertiary/aromatic N) is 4. The molecule has 82 valence electrons. The van der Waals surface area contributed by atoms with Gasteiger partial charge in [0.1, 0.15) is 4.60 Å². The van der Waals surface area contributed by atoms with Gasteiger partial charge in [-0.25, -0.2) is 9.97 Å². The predicted molar refractivity (Wildman–Crippen MR) is 62.6 cm³/mol. The van der Waals surface area contributed by atoms with E-state index in [-0.39, 0.29) is 0 Å². The molecule has 16 heavy (non-hydrogen) atoms. The van der Waals surface area contributed by atoms with Crippen molar-refractivity contribution in [1.82, 2.24) is 19.7 Å². The molecule has 1 N–H and O–H groups in total. The van der Waals surface area contributed by atoms with Crippen LogP contribution in [0.25, 0.3) is 5.65 Å². The van der Waals surface area contributed by atoms with E-state index in [9.17, 15) is 0 Å². The molecule has 0 bridgehead atoms. The first-order chi connectivity index (χ1) is 7.81. The molecule has 2 rings (SSSR count). The lowest BCUT2D eigenvalue weighted by Gasteiger charge is -2.02. The monoisotopic (exact) mass is 279 g/mol. The van der Waals surface area contributed by atoms with Gasteiger partial charge in [0.25, 0.3) is 0 Å². The molecule has 0 aromatic carbocycles. The van der Waals surface area contributed by atoms with Crippen molar-refractivity contribution in [2.24, 2.45) is 0 Å². The zero-order chi connectivity index (χ0) is 11.4. The summed E-state index contributed by atoms with van der Waals surface area (Å²) in [5, 5.41) is 11.6. The first-order valence-electron chi connectivity index (χ1n) is 4.86. The average molecular weight is 280 g/mol. The highest BCUT2D eigenvalue weighted by Crippen LogP contribution is 2.10. The number of rotatable bonds is 4. The molecule has 0 spiro atoms. The molecule has 2 aromatic rings. The second kappa shape index (κ2) is 5.05. The molecule has 0 aliphatic heterocycles. The van der Waals surface area contributed by atoms with Gasteiger partial charge in [0.15, 0.2) is 5.65 Å². The van der Waals surface area contributed by atoms with Gasteiger partial charge in [-0.2, -0.15) is 5.26 Å². The van der Waals surface area contributed by atoms with E-state index in [4.69, 9.17) is 5.26 Å². The van der Waals surface area contributed by atoms with Gasteiger partial charge in [-0.05, 0) is 15.9 Å². The van der Waals surface area contributed by atoms with Crippen LogP contribution in [0.5, 0.6) is 0 Å². The zero-order valence-corrected chi connectivity index (χ0v) is 10.1. The van der Waals surface area contributed by atoms with Crippen molar-refractivity contribution in [2.45, 2.75) is 13.0 Å². The number of halogens is 1. The van der Waals surface area contributed by atoms with Crippen LogP contribution < -0.4 is 5.32 Å². The number of hydrogen-bond donors (Lipinski definition) is 1. The molecule has 0 unspecified atom stereocenters. The smallest absolute Gasteiger partial charge is 0.155 e. The van der Waals surface area contributed by atoms with Crippen LogP contribution in [0.15, 0.2) is 23.2 Å². The van der Waals surface area contributed by atoms with Crippen molar-refractivity contribution in [1.29, 1.82) is 5.26 Å². The summed E-state index contributed by atoms with van der Waals surface area (Å²) in [6, 6.07) is 2.09. The van der Waals surface area contributed by atoms with E-state index in [0.29, 0.717) is 19.5 Å². The van der Waals surface area contributed by atoms with E-state index in [0.717, 1.165) is 15.9 Å². The van der Waals surface area contributed by atoms with Crippen LogP contribution in [0, 0.1) is 11.3 Å². The van der Waals surface area contributed by atoms with Crippen LogP contribution in [-0.2, 0) is 6.54 Å². The van der Waals surface area contributed by atoms with E-state index in [1.54, 1.807) is 6.20 Å². The lowest BCUT2D eigenvalue weighted by atomic mass is 10.4. The maximum absolute atomic E-state index is 8.41. The third-order valence-corrected chi connectivity index (χ3v) is 2.57. The van der Waals surface area contributed by atoms with E-state index in [1.807, 2.05) is 16.8 Å². The summed E-state index contributed by atoms with van der Waals surface area (Å²) in [6.45, 7) is 1.38. The van der Waals surface area contributed by atoms with E-state index in [2.05, 4.69) is 37.3 Å². The Hall–Kier alpha value is -1.45. The fourth-order valence-electron chi connectivity index (χ4n) is 1.41. The minimum Gasteiger partial charge on any atom is -0.310 e. The van der Waals surface area contributed by atoms with Crippen LogP contribution in [0.2, 0.25) is 0 Å². The van der Waals surface area contributed by atoms with Crippen molar-refractivity contribution in [2.75, 3.05) is 6.54 Å². The number of aromatic nitrogens is 3. The molecule has 0 saturated heterocycles. The molecule has 0 amide bonds. The summed E-state index contributed by atoms with van der Waals surface area (Å²) in [7, 11) is 0. The lowest BCUT2D eigenvalue weighted by molar-refractivity contribution is 0.681. The van der Waals surface area contributed by atoms with Gasteiger partial charge in [0, 0.05) is 25.7 Å². The van der Waals surface area contributed by atoms with Gasteiger partial charge in [0.2, 0.25) is 0 Å². The van der Waals surface area contributed by atoms with Gasteiger partial charge >= 0.3 is 0 Å². The van der Waals surface area contributed by atoms with Crippen molar-refractivity contribution in [3.63, 3.8) is 0 Å². The van der Waals surface area contributed by atoms with Crippen molar-refractivity contribution >= 4 is 21.6 Å².